The molecule has 1 saturated heterocycles. The van der Waals surface area contributed by atoms with Crippen LogP contribution in [0.4, 0.5) is 0 Å². The number of halogens is 1. The molecule has 0 spiro atoms. The highest BCUT2D eigenvalue weighted by Crippen LogP contribution is 2.32. The molecule has 2 nitrogen and oxygen atoms in total. The average Bonchev–Trinajstić information content (AvgIpc) is 2.90. The van der Waals surface area contributed by atoms with Crippen LogP contribution in [0.2, 0.25) is 0 Å². The number of hydrogen-bond donors (Lipinski definition) is 1. The van der Waals surface area contributed by atoms with Gasteiger partial charge in [0.15, 0.2) is 0 Å². The summed E-state index contributed by atoms with van der Waals surface area (Å²) < 4.78 is 6.57. The van der Waals surface area contributed by atoms with Crippen LogP contribution in [0.5, 0.6) is 5.75 Å². The van der Waals surface area contributed by atoms with Gasteiger partial charge < -0.3 is 10.1 Å². The molecule has 1 heterocycles. The Morgan fingerprint density at radius 1 is 1.56 bits per heavy atom. The van der Waals surface area contributed by atoms with E-state index in [-0.39, 0.29) is 0 Å². The first kappa shape index (κ1) is 14.2. The lowest BCUT2D eigenvalue weighted by Gasteiger charge is -2.23. The normalized spacial score (nSPS) is 20.9. The van der Waals surface area contributed by atoms with Gasteiger partial charge in [-0.2, -0.15) is 11.8 Å². The maximum absolute atomic E-state index is 5.45. The third-order valence-corrected chi connectivity index (χ3v) is 5.48. The smallest absolute Gasteiger partial charge is 0.122 e. The largest absolute Gasteiger partial charge is 0.496 e. The van der Waals surface area contributed by atoms with Gasteiger partial charge in [0.05, 0.1) is 7.11 Å². The summed E-state index contributed by atoms with van der Waals surface area (Å²) in [5.74, 6) is 2.29. The highest BCUT2D eigenvalue weighted by molar-refractivity contribution is 9.10. The highest BCUT2D eigenvalue weighted by atomic mass is 79.9. The molecule has 1 aliphatic rings. The minimum Gasteiger partial charge on any atom is -0.496 e. The Hall–Kier alpha value is -0.190. The fraction of sp³-hybridized carbons (Fsp3) is 0.571. The summed E-state index contributed by atoms with van der Waals surface area (Å²) >= 11 is 5.64. The standard InChI is InChI=1S/C14H20BrNOS/c1-16-12(14-4-3-7-18-14)9-10-8-11(15)5-6-13(10)17-2/h5-6,8,12,14,16H,3-4,7,9H2,1-2H3. The Morgan fingerprint density at radius 3 is 3.00 bits per heavy atom. The van der Waals surface area contributed by atoms with Crippen LogP contribution >= 0.6 is 27.7 Å². The Morgan fingerprint density at radius 2 is 2.39 bits per heavy atom. The average molecular weight is 330 g/mol. The van der Waals surface area contributed by atoms with Crippen LogP contribution in [-0.2, 0) is 6.42 Å². The molecule has 0 radical (unpaired) electrons. The van der Waals surface area contributed by atoms with Gasteiger partial charge in [-0.3, -0.25) is 0 Å². The molecule has 0 aromatic heterocycles. The van der Waals surface area contributed by atoms with Crippen molar-refractivity contribution >= 4 is 27.7 Å². The van der Waals surface area contributed by atoms with Gasteiger partial charge in [0, 0.05) is 15.8 Å². The third kappa shape index (κ3) is 3.43. The van der Waals surface area contributed by atoms with Crippen molar-refractivity contribution in [3.05, 3.63) is 28.2 Å². The first-order valence-electron chi connectivity index (χ1n) is 6.36. The number of ether oxygens (including phenoxy) is 1. The summed E-state index contributed by atoms with van der Waals surface area (Å²) in [6.45, 7) is 0. The summed E-state index contributed by atoms with van der Waals surface area (Å²) in [5.41, 5.74) is 1.28. The molecule has 2 rings (SSSR count). The van der Waals surface area contributed by atoms with Gasteiger partial charge in [-0.1, -0.05) is 15.9 Å². The van der Waals surface area contributed by atoms with Gasteiger partial charge in [-0.05, 0) is 55.8 Å². The van der Waals surface area contributed by atoms with Gasteiger partial charge >= 0.3 is 0 Å². The zero-order valence-corrected chi connectivity index (χ0v) is 13.3. The molecule has 1 N–H and O–H groups in total. The van der Waals surface area contributed by atoms with Crippen molar-refractivity contribution in [1.82, 2.24) is 5.32 Å². The summed E-state index contributed by atoms with van der Waals surface area (Å²) in [6.07, 6.45) is 3.70. The molecule has 0 bridgehead atoms. The minimum absolute atomic E-state index is 0.528. The van der Waals surface area contributed by atoms with Crippen LogP contribution in [0, 0.1) is 0 Å². The fourth-order valence-corrected chi connectivity index (χ4v) is 4.33. The lowest BCUT2D eigenvalue weighted by Crippen LogP contribution is -2.36. The summed E-state index contributed by atoms with van der Waals surface area (Å²) in [7, 11) is 3.81. The van der Waals surface area contributed by atoms with Crippen molar-refractivity contribution in [3.63, 3.8) is 0 Å². The van der Waals surface area contributed by atoms with Crippen LogP contribution in [0.3, 0.4) is 0 Å². The second-order valence-corrected chi connectivity index (χ2v) is 6.87. The molecular weight excluding hydrogens is 310 g/mol. The molecule has 18 heavy (non-hydrogen) atoms. The number of methoxy groups -OCH3 is 1. The second-order valence-electron chi connectivity index (χ2n) is 4.61. The van der Waals surface area contributed by atoms with Gasteiger partial charge in [0.1, 0.15) is 5.75 Å². The van der Waals surface area contributed by atoms with Gasteiger partial charge in [0.2, 0.25) is 0 Å². The molecule has 0 saturated carbocycles. The van der Waals surface area contributed by atoms with Gasteiger partial charge in [0.25, 0.3) is 0 Å². The fourth-order valence-electron chi connectivity index (χ4n) is 2.48. The Labute approximate surface area is 122 Å². The lowest BCUT2D eigenvalue weighted by atomic mass is 10.00. The minimum atomic E-state index is 0.528. The quantitative estimate of drug-likeness (QED) is 0.893. The molecule has 0 amide bonds. The van der Waals surface area contributed by atoms with Crippen molar-refractivity contribution in [1.29, 1.82) is 0 Å². The van der Waals surface area contributed by atoms with Crippen molar-refractivity contribution in [3.8, 4) is 5.75 Å². The Balaban J connectivity index is 2.12. The van der Waals surface area contributed by atoms with Crippen molar-refractivity contribution in [2.24, 2.45) is 0 Å². The van der Waals surface area contributed by atoms with E-state index in [1.165, 1.54) is 24.2 Å². The number of hydrogen-bond acceptors (Lipinski definition) is 3. The monoisotopic (exact) mass is 329 g/mol. The molecule has 2 unspecified atom stereocenters. The molecule has 100 valence electrons. The van der Waals surface area contributed by atoms with Crippen LogP contribution < -0.4 is 10.1 Å². The molecule has 0 aliphatic carbocycles. The van der Waals surface area contributed by atoms with Crippen molar-refractivity contribution in [2.75, 3.05) is 19.9 Å². The highest BCUT2D eigenvalue weighted by Gasteiger charge is 2.25. The van der Waals surface area contributed by atoms with E-state index in [1.807, 2.05) is 12.1 Å². The second kappa shape index (κ2) is 6.83. The lowest BCUT2D eigenvalue weighted by molar-refractivity contribution is 0.405. The molecule has 4 heteroatoms. The summed E-state index contributed by atoms with van der Waals surface area (Å²) in [6, 6.07) is 6.76. The molecule has 1 aromatic carbocycles. The van der Waals surface area contributed by atoms with E-state index in [0.717, 1.165) is 21.9 Å². The predicted molar refractivity (Wildman–Crippen MR) is 82.7 cm³/mol. The van der Waals surface area contributed by atoms with Crippen LogP contribution in [-0.4, -0.2) is 31.2 Å². The summed E-state index contributed by atoms with van der Waals surface area (Å²) in [4.78, 5) is 0. The zero-order chi connectivity index (χ0) is 13.0. The van der Waals surface area contributed by atoms with Crippen LogP contribution in [0.1, 0.15) is 18.4 Å². The molecule has 1 fully saturated rings. The van der Waals surface area contributed by atoms with Crippen molar-refractivity contribution in [2.45, 2.75) is 30.6 Å². The SMILES string of the molecule is CNC(Cc1cc(Br)ccc1OC)C1CCCS1. The third-order valence-electron chi connectivity index (χ3n) is 3.47. The maximum Gasteiger partial charge on any atom is 0.122 e. The summed E-state index contributed by atoms with van der Waals surface area (Å²) in [5, 5.41) is 4.21. The number of rotatable bonds is 5. The first-order valence-corrected chi connectivity index (χ1v) is 8.20. The van der Waals surface area contributed by atoms with E-state index in [0.29, 0.717) is 6.04 Å². The Bertz CT molecular complexity index is 393. The topological polar surface area (TPSA) is 21.3 Å². The van der Waals surface area contributed by atoms with E-state index in [4.69, 9.17) is 4.74 Å². The van der Waals surface area contributed by atoms with E-state index < -0.39 is 0 Å². The number of nitrogens with one attached hydrogen (secondary N) is 1. The molecule has 1 aliphatic heterocycles. The van der Waals surface area contributed by atoms with E-state index >= 15 is 0 Å². The predicted octanol–water partition coefficient (Wildman–Crippen LogP) is 3.48. The van der Waals surface area contributed by atoms with E-state index in [1.54, 1.807) is 7.11 Å². The van der Waals surface area contributed by atoms with Crippen LogP contribution in [0.15, 0.2) is 22.7 Å². The van der Waals surface area contributed by atoms with Gasteiger partial charge in [-0.15, -0.1) is 0 Å². The van der Waals surface area contributed by atoms with Crippen molar-refractivity contribution < 1.29 is 4.74 Å². The molecule has 1 aromatic rings. The molecular formula is C14H20BrNOS. The zero-order valence-electron chi connectivity index (χ0n) is 10.9. The van der Waals surface area contributed by atoms with E-state index in [2.05, 4.69) is 46.1 Å². The first-order chi connectivity index (χ1) is 8.74. The van der Waals surface area contributed by atoms with Gasteiger partial charge in [-0.25, -0.2) is 0 Å². The number of likely N-dealkylation sites (N-methyl/N-ethyl adjacent to an activating group) is 1. The number of thioether (sulfide) groups is 1. The van der Waals surface area contributed by atoms with Crippen LogP contribution in [0.25, 0.3) is 0 Å². The molecule has 2 atom stereocenters. The maximum atomic E-state index is 5.45. The number of benzene rings is 1. The van der Waals surface area contributed by atoms with E-state index in [9.17, 15) is 0 Å². The Kier molecular flexibility index (Phi) is 5.39.